The normalized spacial score (nSPS) is 10.2. The lowest BCUT2D eigenvalue weighted by atomic mass is 10.1. The molecule has 122 valence electrons. The molecule has 0 radical (unpaired) electrons. The van der Waals surface area contributed by atoms with Crippen molar-refractivity contribution in [3.63, 3.8) is 0 Å². The van der Waals surface area contributed by atoms with Crippen molar-refractivity contribution in [1.29, 1.82) is 0 Å². The Hall–Kier alpha value is -2.25. The number of nitro groups is 1. The molecule has 0 bridgehead atoms. The number of thioether (sulfide) groups is 1. The van der Waals surface area contributed by atoms with Crippen LogP contribution in [0.15, 0.2) is 65.7 Å². The first-order chi connectivity index (χ1) is 11.1. The van der Waals surface area contributed by atoms with E-state index >= 15 is 0 Å². The molecular weight excluding hydrogens is 392 g/mol. The Balaban J connectivity index is 0.00000208. The lowest BCUT2D eigenvalue weighted by molar-refractivity contribution is -0.384. The fourth-order valence-corrected chi connectivity index (χ4v) is 2.89. The zero-order valence-corrected chi connectivity index (χ0v) is 14.9. The molecule has 0 unspecified atom stereocenters. The predicted molar refractivity (Wildman–Crippen MR) is 100 cm³/mol. The van der Waals surface area contributed by atoms with E-state index in [2.05, 4.69) is 4.98 Å². The molecule has 0 atom stereocenters. The van der Waals surface area contributed by atoms with E-state index < -0.39 is 4.92 Å². The van der Waals surface area contributed by atoms with Gasteiger partial charge in [-0.05, 0) is 24.3 Å². The number of para-hydroxylation sites is 1. The van der Waals surface area contributed by atoms with Gasteiger partial charge in [0.25, 0.3) is 5.69 Å². The summed E-state index contributed by atoms with van der Waals surface area (Å²) in [6.45, 7) is 0. The topological polar surface area (TPSA) is 73.1 Å². The molecule has 0 fully saturated rings. The fourth-order valence-electron chi connectivity index (χ4n) is 2.12. The zero-order valence-electron chi connectivity index (χ0n) is 12.4. The summed E-state index contributed by atoms with van der Waals surface area (Å²) >= 11 is 1.35. The van der Waals surface area contributed by atoms with Gasteiger partial charge in [0, 0.05) is 23.1 Å². The van der Waals surface area contributed by atoms with Crippen LogP contribution in [0.4, 0.5) is 5.69 Å². The second-order valence-corrected chi connectivity index (χ2v) is 5.85. The second kappa shape index (κ2) is 8.03. The van der Waals surface area contributed by atoms with Crippen LogP contribution in [0.3, 0.4) is 0 Å². The highest BCUT2D eigenvalue weighted by Gasteiger charge is 2.10. The van der Waals surface area contributed by atoms with E-state index in [9.17, 15) is 14.9 Å². The van der Waals surface area contributed by atoms with Crippen molar-refractivity contribution >= 4 is 51.1 Å². The smallest absolute Gasteiger partial charge is 0.269 e. The molecule has 5 nitrogen and oxygen atoms in total. The molecular formula is C17H13BrN2O3S. The van der Waals surface area contributed by atoms with Crippen molar-refractivity contribution in [3.8, 4) is 0 Å². The van der Waals surface area contributed by atoms with Crippen LogP contribution in [0.5, 0.6) is 0 Å². The number of nitro benzene ring substituents is 1. The van der Waals surface area contributed by atoms with Crippen LogP contribution in [-0.4, -0.2) is 21.4 Å². The summed E-state index contributed by atoms with van der Waals surface area (Å²) in [6, 6.07) is 17.3. The van der Waals surface area contributed by atoms with E-state index in [0.29, 0.717) is 5.56 Å². The Kier molecular flexibility index (Phi) is 6.05. The molecule has 3 rings (SSSR count). The number of hydrogen-bond acceptors (Lipinski definition) is 5. The Morgan fingerprint density at radius 3 is 2.46 bits per heavy atom. The maximum Gasteiger partial charge on any atom is 0.269 e. The second-order valence-electron chi connectivity index (χ2n) is 4.86. The number of benzene rings is 2. The third-order valence-corrected chi connectivity index (χ3v) is 4.25. The van der Waals surface area contributed by atoms with Gasteiger partial charge >= 0.3 is 0 Å². The molecule has 2 aromatic carbocycles. The molecule has 1 heterocycles. The molecule has 0 aliphatic heterocycles. The van der Waals surface area contributed by atoms with E-state index in [-0.39, 0.29) is 34.2 Å². The third-order valence-electron chi connectivity index (χ3n) is 3.32. The number of pyridine rings is 1. The van der Waals surface area contributed by atoms with Crippen molar-refractivity contribution in [2.24, 2.45) is 0 Å². The van der Waals surface area contributed by atoms with Gasteiger partial charge in [-0.1, -0.05) is 36.0 Å². The number of nitrogens with zero attached hydrogens (tertiary/aromatic N) is 2. The average molecular weight is 405 g/mol. The van der Waals surface area contributed by atoms with Gasteiger partial charge in [-0.15, -0.1) is 17.0 Å². The minimum Gasteiger partial charge on any atom is -0.293 e. The molecule has 0 aliphatic rings. The van der Waals surface area contributed by atoms with E-state index in [0.717, 1.165) is 15.9 Å². The number of Topliss-reactive ketones (excluding diaryl/α,β-unsaturated/α-hetero) is 1. The minimum absolute atomic E-state index is 0. The van der Waals surface area contributed by atoms with Gasteiger partial charge in [0.05, 0.1) is 21.2 Å². The Bertz CT molecular complexity index is 884. The number of fused-ring (bicyclic) bond motifs is 1. The van der Waals surface area contributed by atoms with Gasteiger partial charge in [-0.25, -0.2) is 4.98 Å². The predicted octanol–water partition coefficient (Wildman–Crippen LogP) is 4.70. The summed E-state index contributed by atoms with van der Waals surface area (Å²) < 4.78 is 0. The number of carbonyl (C=O) groups is 1. The number of rotatable bonds is 5. The van der Waals surface area contributed by atoms with E-state index in [4.69, 9.17) is 0 Å². The highest BCUT2D eigenvalue weighted by Crippen LogP contribution is 2.21. The SMILES string of the molecule is Br.O=C(CSc1ccc2ccccc2n1)c1ccc([N+](=O)[O-])cc1. The number of non-ortho nitro benzene ring substituents is 1. The number of ketones is 1. The number of hydrogen-bond donors (Lipinski definition) is 0. The zero-order chi connectivity index (χ0) is 16.2. The lowest BCUT2D eigenvalue weighted by Gasteiger charge is -2.03. The van der Waals surface area contributed by atoms with Crippen LogP contribution in [0, 0.1) is 10.1 Å². The lowest BCUT2D eigenvalue weighted by Crippen LogP contribution is -2.02. The maximum atomic E-state index is 12.1. The maximum absolute atomic E-state index is 12.1. The number of halogens is 1. The summed E-state index contributed by atoms with van der Waals surface area (Å²) in [7, 11) is 0. The monoisotopic (exact) mass is 404 g/mol. The third kappa shape index (κ3) is 4.18. The van der Waals surface area contributed by atoms with Crippen LogP contribution in [0.25, 0.3) is 10.9 Å². The molecule has 3 aromatic rings. The van der Waals surface area contributed by atoms with Gasteiger partial charge < -0.3 is 0 Å². The Labute approximate surface area is 153 Å². The van der Waals surface area contributed by atoms with Crippen molar-refractivity contribution in [2.45, 2.75) is 5.03 Å². The summed E-state index contributed by atoms with van der Waals surface area (Å²) in [5.41, 5.74) is 1.33. The summed E-state index contributed by atoms with van der Waals surface area (Å²) in [5, 5.41) is 12.4. The van der Waals surface area contributed by atoms with E-state index in [1.165, 1.54) is 36.0 Å². The molecule has 0 N–H and O–H groups in total. The largest absolute Gasteiger partial charge is 0.293 e. The summed E-state index contributed by atoms with van der Waals surface area (Å²) in [4.78, 5) is 26.8. The van der Waals surface area contributed by atoms with Crippen LogP contribution in [0.2, 0.25) is 0 Å². The molecule has 0 saturated carbocycles. The summed E-state index contributed by atoms with van der Waals surface area (Å²) in [6.07, 6.45) is 0. The van der Waals surface area contributed by atoms with Crippen molar-refractivity contribution in [3.05, 3.63) is 76.3 Å². The van der Waals surface area contributed by atoms with Gasteiger partial charge in [0.1, 0.15) is 0 Å². The highest BCUT2D eigenvalue weighted by atomic mass is 79.9. The molecule has 0 saturated heterocycles. The molecule has 1 aromatic heterocycles. The van der Waals surface area contributed by atoms with Crippen LogP contribution in [0.1, 0.15) is 10.4 Å². The minimum atomic E-state index is -0.484. The highest BCUT2D eigenvalue weighted by molar-refractivity contribution is 8.93. The van der Waals surface area contributed by atoms with Gasteiger partial charge in [-0.2, -0.15) is 0 Å². The van der Waals surface area contributed by atoms with Crippen molar-refractivity contribution < 1.29 is 9.72 Å². The van der Waals surface area contributed by atoms with Crippen LogP contribution in [-0.2, 0) is 0 Å². The van der Waals surface area contributed by atoms with E-state index in [1.807, 2.05) is 36.4 Å². The van der Waals surface area contributed by atoms with Crippen molar-refractivity contribution in [2.75, 3.05) is 5.75 Å². The van der Waals surface area contributed by atoms with E-state index in [1.54, 1.807) is 0 Å². The first-order valence-electron chi connectivity index (χ1n) is 6.90. The van der Waals surface area contributed by atoms with Crippen LogP contribution < -0.4 is 0 Å². The van der Waals surface area contributed by atoms with Gasteiger partial charge in [0.2, 0.25) is 0 Å². The summed E-state index contributed by atoms with van der Waals surface area (Å²) in [5.74, 6) is 0.156. The average Bonchev–Trinajstić information content (AvgIpc) is 2.59. The number of carbonyl (C=O) groups excluding carboxylic acids is 1. The van der Waals surface area contributed by atoms with Crippen molar-refractivity contribution in [1.82, 2.24) is 4.98 Å². The Morgan fingerprint density at radius 1 is 1.04 bits per heavy atom. The molecule has 0 aliphatic carbocycles. The fraction of sp³-hybridized carbons (Fsp3) is 0.0588. The first kappa shape index (κ1) is 18.1. The Morgan fingerprint density at radius 2 is 1.75 bits per heavy atom. The molecule has 24 heavy (non-hydrogen) atoms. The van der Waals surface area contributed by atoms with Gasteiger partial charge in [-0.3, -0.25) is 14.9 Å². The molecule has 0 amide bonds. The molecule has 7 heteroatoms. The van der Waals surface area contributed by atoms with Crippen LogP contribution >= 0.6 is 28.7 Å². The molecule has 0 spiro atoms. The quantitative estimate of drug-likeness (QED) is 0.266. The first-order valence-corrected chi connectivity index (χ1v) is 7.88. The number of aromatic nitrogens is 1. The standard InChI is InChI=1S/C17H12N2O3S.BrH/c20-16(13-5-8-14(9-6-13)19(21)22)11-23-17-10-7-12-3-1-2-4-15(12)18-17;/h1-10H,11H2;1H. The van der Waals surface area contributed by atoms with Gasteiger partial charge in [0.15, 0.2) is 5.78 Å².